The van der Waals surface area contributed by atoms with E-state index in [-0.39, 0.29) is 0 Å². The molecule has 3 rings (SSSR count). The second kappa shape index (κ2) is 6.31. The number of thioether (sulfide) groups is 1. The third-order valence-electron chi connectivity index (χ3n) is 3.64. The van der Waals surface area contributed by atoms with Gasteiger partial charge in [-0.15, -0.1) is 11.3 Å². The molecule has 0 bridgehead atoms. The first-order valence-electron chi connectivity index (χ1n) is 7.46. The number of nitrogens with one attached hydrogen (secondary N) is 1. The van der Waals surface area contributed by atoms with Gasteiger partial charge in [-0.25, -0.2) is 9.97 Å². The van der Waals surface area contributed by atoms with Gasteiger partial charge in [-0.05, 0) is 43.9 Å². The number of anilines is 1. The molecule has 2 aromatic rings. The third-order valence-corrected chi connectivity index (χ3v) is 5.70. The van der Waals surface area contributed by atoms with Crippen LogP contribution in [0.3, 0.4) is 0 Å². The lowest BCUT2D eigenvalue weighted by Crippen LogP contribution is -2.05. The molecular weight excluding hydrogens is 286 g/mol. The number of aryl methyl sites for hydroxylation is 2. The summed E-state index contributed by atoms with van der Waals surface area (Å²) in [5.41, 5.74) is 1.52. The highest BCUT2D eigenvalue weighted by Crippen LogP contribution is 2.38. The summed E-state index contributed by atoms with van der Waals surface area (Å²) in [5.74, 6) is 4.05. The summed E-state index contributed by atoms with van der Waals surface area (Å²) in [5, 5.41) is 4.75. The van der Waals surface area contributed by atoms with Crippen molar-refractivity contribution in [3.63, 3.8) is 0 Å². The largest absolute Gasteiger partial charge is 0.370 e. The van der Waals surface area contributed by atoms with Crippen LogP contribution in [0.2, 0.25) is 0 Å². The number of hydrogen-bond acceptors (Lipinski definition) is 5. The quantitative estimate of drug-likeness (QED) is 0.896. The van der Waals surface area contributed by atoms with Crippen LogP contribution in [0.5, 0.6) is 0 Å². The Morgan fingerprint density at radius 2 is 2.05 bits per heavy atom. The summed E-state index contributed by atoms with van der Waals surface area (Å²) in [4.78, 5) is 12.3. The summed E-state index contributed by atoms with van der Waals surface area (Å²) in [6.45, 7) is 5.22. The maximum Gasteiger partial charge on any atom is 0.142 e. The van der Waals surface area contributed by atoms with E-state index in [0.29, 0.717) is 0 Å². The third kappa shape index (κ3) is 2.66. The topological polar surface area (TPSA) is 37.8 Å². The van der Waals surface area contributed by atoms with Crippen molar-refractivity contribution in [2.24, 2.45) is 0 Å². The Labute approximate surface area is 128 Å². The predicted octanol–water partition coefficient (Wildman–Crippen LogP) is 4.26. The minimum atomic E-state index is 0.910. The Morgan fingerprint density at radius 3 is 2.85 bits per heavy atom. The van der Waals surface area contributed by atoms with E-state index in [1.165, 1.54) is 41.5 Å². The summed E-state index contributed by atoms with van der Waals surface area (Å²) in [6, 6.07) is 0. The fourth-order valence-corrected chi connectivity index (χ4v) is 4.55. The molecule has 0 unspecified atom stereocenters. The molecule has 1 N–H and O–H groups in total. The maximum absolute atomic E-state index is 4.81. The Kier molecular flexibility index (Phi) is 4.46. The van der Waals surface area contributed by atoms with E-state index in [1.54, 1.807) is 4.88 Å². The van der Waals surface area contributed by atoms with Crippen LogP contribution in [-0.4, -0.2) is 22.3 Å². The highest BCUT2D eigenvalue weighted by molar-refractivity contribution is 7.98. The van der Waals surface area contributed by atoms with Crippen molar-refractivity contribution in [3.8, 4) is 0 Å². The van der Waals surface area contributed by atoms with E-state index < -0.39 is 0 Å². The van der Waals surface area contributed by atoms with Gasteiger partial charge in [0.1, 0.15) is 16.5 Å². The lowest BCUT2D eigenvalue weighted by Gasteiger charge is -2.12. The molecule has 3 nitrogen and oxygen atoms in total. The van der Waals surface area contributed by atoms with Gasteiger partial charge in [0.15, 0.2) is 0 Å². The van der Waals surface area contributed by atoms with Crippen molar-refractivity contribution in [3.05, 3.63) is 16.3 Å². The summed E-state index contributed by atoms with van der Waals surface area (Å²) in [7, 11) is 0. The highest BCUT2D eigenvalue weighted by Gasteiger charge is 2.20. The van der Waals surface area contributed by atoms with Gasteiger partial charge in [0.05, 0.1) is 11.1 Å². The normalized spacial score (nSPS) is 14.5. The summed E-state index contributed by atoms with van der Waals surface area (Å²) in [6.07, 6.45) is 5.04. The second-order valence-corrected chi connectivity index (χ2v) is 7.40. The van der Waals surface area contributed by atoms with Crippen LogP contribution >= 0.6 is 23.1 Å². The van der Waals surface area contributed by atoms with E-state index in [9.17, 15) is 0 Å². The average Bonchev–Trinajstić information content (AvgIpc) is 2.83. The number of hydrogen-bond donors (Lipinski definition) is 1. The molecule has 2 heterocycles. The SMILES string of the molecule is CCNc1nc(CSCC)nc2sc3c(c12)CCCC3. The number of thiophene rings is 1. The second-order valence-electron chi connectivity index (χ2n) is 5.05. The van der Waals surface area contributed by atoms with Gasteiger partial charge in [0.2, 0.25) is 0 Å². The van der Waals surface area contributed by atoms with Gasteiger partial charge in [-0.1, -0.05) is 6.92 Å². The Hall–Kier alpha value is -0.810. The summed E-state index contributed by atoms with van der Waals surface area (Å²) < 4.78 is 0. The molecule has 0 atom stereocenters. The van der Waals surface area contributed by atoms with Crippen molar-refractivity contribution < 1.29 is 0 Å². The van der Waals surface area contributed by atoms with Gasteiger partial charge < -0.3 is 5.32 Å². The first kappa shape index (κ1) is 14.1. The Balaban J connectivity index is 2.09. The van der Waals surface area contributed by atoms with E-state index in [0.717, 1.165) is 29.7 Å². The van der Waals surface area contributed by atoms with Crippen LogP contribution < -0.4 is 5.32 Å². The molecule has 1 aliphatic rings. The smallest absolute Gasteiger partial charge is 0.142 e. The lowest BCUT2D eigenvalue weighted by atomic mass is 9.97. The Morgan fingerprint density at radius 1 is 1.20 bits per heavy atom. The van der Waals surface area contributed by atoms with Gasteiger partial charge in [0.25, 0.3) is 0 Å². The zero-order valence-electron chi connectivity index (χ0n) is 12.2. The molecule has 0 amide bonds. The molecule has 0 saturated heterocycles. The molecule has 0 aromatic carbocycles. The van der Waals surface area contributed by atoms with Gasteiger partial charge >= 0.3 is 0 Å². The molecule has 0 fully saturated rings. The molecule has 108 valence electrons. The highest BCUT2D eigenvalue weighted by atomic mass is 32.2. The van der Waals surface area contributed by atoms with Crippen molar-refractivity contribution in [1.82, 2.24) is 9.97 Å². The predicted molar refractivity (Wildman–Crippen MR) is 90.1 cm³/mol. The van der Waals surface area contributed by atoms with Crippen LogP contribution in [0.15, 0.2) is 0 Å². The van der Waals surface area contributed by atoms with Gasteiger partial charge in [-0.2, -0.15) is 11.8 Å². The maximum atomic E-state index is 4.81. The molecule has 5 heteroatoms. The monoisotopic (exact) mass is 307 g/mol. The Bertz CT molecular complexity index is 607. The lowest BCUT2D eigenvalue weighted by molar-refractivity contribution is 0.700. The number of fused-ring (bicyclic) bond motifs is 3. The minimum absolute atomic E-state index is 0.910. The molecule has 0 spiro atoms. The van der Waals surface area contributed by atoms with E-state index in [4.69, 9.17) is 9.97 Å². The van der Waals surface area contributed by atoms with Crippen LogP contribution in [0.1, 0.15) is 43.0 Å². The number of aromatic nitrogens is 2. The number of nitrogens with zero attached hydrogens (tertiary/aromatic N) is 2. The van der Waals surface area contributed by atoms with Gasteiger partial charge in [-0.3, -0.25) is 0 Å². The van der Waals surface area contributed by atoms with Crippen LogP contribution in [0.25, 0.3) is 10.2 Å². The van der Waals surface area contributed by atoms with Crippen LogP contribution in [0.4, 0.5) is 5.82 Å². The fraction of sp³-hybridized carbons (Fsp3) is 0.600. The molecular formula is C15H21N3S2. The molecule has 1 aliphatic carbocycles. The average molecular weight is 307 g/mol. The van der Waals surface area contributed by atoms with E-state index in [2.05, 4.69) is 19.2 Å². The summed E-state index contributed by atoms with van der Waals surface area (Å²) >= 11 is 3.77. The van der Waals surface area contributed by atoms with Crippen molar-refractivity contribution in [1.29, 1.82) is 0 Å². The standard InChI is InChI=1S/C15H21N3S2/c1-3-16-14-13-10-7-5-6-8-11(10)20-15(13)18-12(17-14)9-19-4-2/h3-9H2,1-2H3,(H,16,17,18). The zero-order valence-corrected chi connectivity index (χ0v) is 13.8. The van der Waals surface area contributed by atoms with Gasteiger partial charge in [0, 0.05) is 11.4 Å². The zero-order chi connectivity index (χ0) is 13.9. The molecule has 0 aliphatic heterocycles. The fourth-order valence-electron chi connectivity index (χ4n) is 2.75. The van der Waals surface area contributed by atoms with Crippen LogP contribution in [0, 0.1) is 0 Å². The van der Waals surface area contributed by atoms with Crippen LogP contribution in [-0.2, 0) is 18.6 Å². The van der Waals surface area contributed by atoms with Crippen molar-refractivity contribution in [2.45, 2.75) is 45.3 Å². The van der Waals surface area contributed by atoms with Crippen molar-refractivity contribution >= 4 is 39.1 Å². The molecule has 0 radical (unpaired) electrons. The number of rotatable bonds is 5. The molecule has 0 saturated carbocycles. The van der Waals surface area contributed by atoms with E-state index in [1.807, 2.05) is 23.1 Å². The minimum Gasteiger partial charge on any atom is -0.370 e. The first-order valence-corrected chi connectivity index (χ1v) is 9.43. The van der Waals surface area contributed by atoms with E-state index >= 15 is 0 Å². The van der Waals surface area contributed by atoms with Crippen molar-refractivity contribution in [2.75, 3.05) is 17.6 Å². The first-order chi connectivity index (χ1) is 9.83. The molecule has 20 heavy (non-hydrogen) atoms. The molecule has 2 aromatic heterocycles.